The molecule has 3 aromatic carbocycles. The van der Waals surface area contributed by atoms with Gasteiger partial charge in [-0.1, -0.05) is 12.1 Å². The third-order valence-electron chi connectivity index (χ3n) is 5.34. The summed E-state index contributed by atoms with van der Waals surface area (Å²) in [5.41, 5.74) is 2.65. The minimum Gasteiger partial charge on any atom is -0.497 e. The molecule has 0 aliphatic rings. The number of imidazole rings is 1. The first kappa shape index (κ1) is 17.3. The second kappa shape index (κ2) is 6.36. The lowest BCUT2D eigenvalue weighted by atomic mass is 10.0. The molecule has 0 fully saturated rings. The quantitative estimate of drug-likeness (QED) is 0.378. The van der Waals surface area contributed by atoms with Crippen molar-refractivity contribution in [3.05, 3.63) is 58.9 Å². The fraction of sp³-hybridized carbons (Fsp3) is 0.182. The molecule has 2 heterocycles. The number of ether oxygens (including phenoxy) is 1. The highest BCUT2D eigenvalue weighted by Gasteiger charge is 2.25. The molecule has 0 atom stereocenters. The van der Waals surface area contributed by atoms with Crippen molar-refractivity contribution < 1.29 is 14.4 Å². The number of aliphatic hydroxyl groups is 1. The van der Waals surface area contributed by atoms with Crippen molar-refractivity contribution in [1.82, 2.24) is 4.40 Å². The van der Waals surface area contributed by atoms with Crippen LogP contribution in [0, 0.1) is 0 Å². The summed E-state index contributed by atoms with van der Waals surface area (Å²) in [5, 5.41) is 13.0. The molecule has 28 heavy (non-hydrogen) atoms. The average Bonchev–Trinajstić information content (AvgIpc) is 3.02. The van der Waals surface area contributed by atoms with Crippen LogP contribution in [0.5, 0.6) is 5.75 Å². The lowest BCUT2D eigenvalue weighted by Gasteiger charge is -2.09. The predicted molar refractivity (Wildman–Crippen MR) is 113 cm³/mol. The van der Waals surface area contributed by atoms with Gasteiger partial charge in [0, 0.05) is 22.1 Å². The molecule has 0 amide bonds. The maximum absolute atomic E-state index is 13.5. The number of nitrogens with zero attached hydrogens (tertiary/aromatic N) is 2. The lowest BCUT2D eigenvalue weighted by Crippen LogP contribution is -2.29. The Bertz CT molecular complexity index is 1420. The Labute approximate surface area is 165 Å². The van der Waals surface area contributed by atoms with Gasteiger partial charge >= 0.3 is 5.56 Å². The summed E-state index contributed by atoms with van der Waals surface area (Å²) in [6, 6.07) is 15.9. The number of hydrogen-bond acceptors (Lipinski definition) is 4. The third-order valence-corrected chi connectivity index (χ3v) is 6.39. The van der Waals surface area contributed by atoms with E-state index in [0.29, 0.717) is 11.1 Å². The van der Waals surface area contributed by atoms with Crippen molar-refractivity contribution in [2.75, 3.05) is 19.5 Å². The molecule has 0 aliphatic heterocycles. The maximum atomic E-state index is 13.5. The fourth-order valence-electron chi connectivity index (χ4n) is 4.12. The van der Waals surface area contributed by atoms with E-state index in [1.54, 1.807) is 23.3 Å². The molecule has 5 aromatic rings. The minimum absolute atomic E-state index is 0.0312. The van der Waals surface area contributed by atoms with Gasteiger partial charge in [-0.05, 0) is 35.7 Å². The summed E-state index contributed by atoms with van der Waals surface area (Å²) < 4.78 is 9.24. The number of aryl methyl sites for hydroxylation is 1. The van der Waals surface area contributed by atoms with E-state index in [4.69, 9.17) is 4.74 Å². The highest BCUT2D eigenvalue weighted by atomic mass is 32.2. The van der Waals surface area contributed by atoms with Crippen LogP contribution in [0.15, 0.2) is 58.2 Å². The maximum Gasteiger partial charge on any atom is 0.347 e. The van der Waals surface area contributed by atoms with Crippen LogP contribution in [-0.4, -0.2) is 29.0 Å². The van der Waals surface area contributed by atoms with Crippen LogP contribution in [0.25, 0.3) is 38.2 Å². The molecule has 5 rings (SSSR count). The highest BCUT2D eigenvalue weighted by molar-refractivity contribution is 7.99. The molecular weight excluding hydrogens is 372 g/mol. The topological polar surface area (TPSA) is 54.8 Å². The van der Waals surface area contributed by atoms with Crippen LogP contribution in [0.2, 0.25) is 0 Å². The summed E-state index contributed by atoms with van der Waals surface area (Å²) >= 11 is 1.61. The van der Waals surface area contributed by atoms with E-state index in [2.05, 4.69) is 16.7 Å². The Balaban J connectivity index is 2.02. The number of hydrogen-bond donors (Lipinski definition) is 1. The van der Waals surface area contributed by atoms with Gasteiger partial charge in [0.05, 0.1) is 31.5 Å². The van der Waals surface area contributed by atoms with Gasteiger partial charge in [0.2, 0.25) is 0 Å². The van der Waals surface area contributed by atoms with Crippen LogP contribution in [0.4, 0.5) is 0 Å². The standard InChI is InChI=1S/C22H19N2O3S/c1-23-17-8-6-13(27-2)12-18(17)24-21(23)15-5-3-4-14-19(28-11-10-25)9-7-16(20(14)15)22(24)26/h3-9,12,25H,10-11H2,1-2H3/q+1. The molecule has 0 unspecified atom stereocenters. The van der Waals surface area contributed by atoms with E-state index >= 15 is 0 Å². The van der Waals surface area contributed by atoms with Crippen LogP contribution in [0.1, 0.15) is 0 Å². The van der Waals surface area contributed by atoms with Gasteiger partial charge < -0.3 is 9.84 Å². The second-order valence-electron chi connectivity index (χ2n) is 6.79. The molecule has 2 aromatic heterocycles. The Morgan fingerprint density at radius 2 is 1.93 bits per heavy atom. The number of fused-ring (bicyclic) bond motifs is 4. The first-order valence-corrected chi connectivity index (χ1v) is 10.1. The van der Waals surface area contributed by atoms with Gasteiger partial charge in [-0.2, -0.15) is 4.40 Å². The van der Waals surface area contributed by atoms with Gasteiger partial charge in [-0.3, -0.25) is 0 Å². The molecular formula is C22H19N2O3S+. The number of benzene rings is 3. The Morgan fingerprint density at radius 3 is 2.71 bits per heavy atom. The molecule has 0 bridgehead atoms. The summed E-state index contributed by atoms with van der Waals surface area (Å²) in [7, 11) is 3.62. The second-order valence-corrected chi connectivity index (χ2v) is 7.93. The van der Waals surface area contributed by atoms with Crippen LogP contribution in [0.3, 0.4) is 0 Å². The van der Waals surface area contributed by atoms with Gasteiger partial charge in [0.15, 0.2) is 11.0 Å². The Kier molecular flexibility index (Phi) is 3.92. The zero-order chi connectivity index (χ0) is 19.4. The number of rotatable bonds is 4. The highest BCUT2D eigenvalue weighted by Crippen LogP contribution is 2.35. The monoisotopic (exact) mass is 391 g/mol. The Morgan fingerprint density at radius 1 is 1.11 bits per heavy atom. The third kappa shape index (κ3) is 2.25. The van der Waals surface area contributed by atoms with E-state index in [0.717, 1.165) is 43.5 Å². The van der Waals surface area contributed by atoms with Gasteiger partial charge in [0.25, 0.3) is 5.65 Å². The van der Waals surface area contributed by atoms with Gasteiger partial charge in [0.1, 0.15) is 5.75 Å². The molecule has 0 radical (unpaired) electrons. The largest absolute Gasteiger partial charge is 0.497 e. The fourth-order valence-corrected chi connectivity index (χ4v) is 4.93. The van der Waals surface area contributed by atoms with Crippen LogP contribution < -0.4 is 14.9 Å². The van der Waals surface area contributed by atoms with Crippen molar-refractivity contribution in [3.63, 3.8) is 0 Å². The number of aliphatic hydroxyl groups excluding tert-OH is 1. The summed E-state index contributed by atoms with van der Waals surface area (Å²) in [6.45, 7) is 0.123. The number of pyridine rings is 1. The zero-order valence-corrected chi connectivity index (χ0v) is 16.4. The van der Waals surface area contributed by atoms with Gasteiger partial charge in [-0.15, -0.1) is 11.8 Å². The molecule has 0 aliphatic carbocycles. The van der Waals surface area contributed by atoms with Crippen molar-refractivity contribution >= 4 is 50.0 Å². The summed E-state index contributed by atoms with van der Waals surface area (Å²) in [6.07, 6.45) is 0. The first-order valence-electron chi connectivity index (χ1n) is 9.08. The zero-order valence-electron chi connectivity index (χ0n) is 15.6. The van der Waals surface area contributed by atoms with Crippen molar-refractivity contribution in [1.29, 1.82) is 0 Å². The van der Waals surface area contributed by atoms with Gasteiger partial charge in [-0.25, -0.2) is 9.36 Å². The first-order chi connectivity index (χ1) is 13.7. The molecule has 5 nitrogen and oxygen atoms in total. The summed E-state index contributed by atoms with van der Waals surface area (Å²) in [4.78, 5) is 14.6. The van der Waals surface area contributed by atoms with Crippen molar-refractivity contribution in [2.45, 2.75) is 4.90 Å². The number of aromatic nitrogens is 2. The molecule has 140 valence electrons. The van der Waals surface area contributed by atoms with E-state index in [1.807, 2.05) is 43.4 Å². The van der Waals surface area contributed by atoms with E-state index in [1.165, 1.54) is 0 Å². The van der Waals surface area contributed by atoms with E-state index in [-0.39, 0.29) is 12.2 Å². The molecule has 0 spiro atoms. The molecule has 1 N–H and O–H groups in total. The number of thioether (sulfide) groups is 1. The predicted octanol–water partition coefficient (Wildman–Crippen LogP) is 3.11. The molecule has 6 heteroatoms. The molecule has 0 saturated heterocycles. The number of methoxy groups -OCH3 is 1. The van der Waals surface area contributed by atoms with E-state index in [9.17, 15) is 9.90 Å². The normalized spacial score (nSPS) is 12.0. The van der Waals surface area contributed by atoms with Crippen molar-refractivity contribution in [2.24, 2.45) is 7.05 Å². The minimum atomic E-state index is -0.0312. The summed E-state index contributed by atoms with van der Waals surface area (Å²) in [5.74, 6) is 1.35. The lowest BCUT2D eigenvalue weighted by molar-refractivity contribution is -0.617. The Hall–Kier alpha value is -2.83. The average molecular weight is 391 g/mol. The van der Waals surface area contributed by atoms with Crippen molar-refractivity contribution in [3.8, 4) is 5.75 Å². The molecule has 0 saturated carbocycles. The van der Waals surface area contributed by atoms with Crippen LogP contribution >= 0.6 is 11.8 Å². The van der Waals surface area contributed by atoms with Crippen LogP contribution in [-0.2, 0) is 7.05 Å². The van der Waals surface area contributed by atoms with E-state index < -0.39 is 0 Å². The smallest absolute Gasteiger partial charge is 0.347 e. The SMILES string of the molecule is COc1ccc2c(c1)n1c(=O)c3ccc(SCCO)c4cccc(c43)c1[n+]2C.